The lowest BCUT2D eigenvalue weighted by Crippen LogP contribution is -2.24. The smallest absolute Gasteiger partial charge is 0.280 e. The van der Waals surface area contributed by atoms with Crippen LogP contribution in [0.5, 0.6) is 0 Å². The van der Waals surface area contributed by atoms with Crippen LogP contribution in [-0.4, -0.2) is 35.0 Å². The fourth-order valence-electron chi connectivity index (χ4n) is 2.51. The molecule has 0 aliphatic rings. The van der Waals surface area contributed by atoms with Crippen LogP contribution in [0, 0.1) is 0 Å². The van der Waals surface area contributed by atoms with Gasteiger partial charge in [0, 0.05) is 16.3 Å². The van der Waals surface area contributed by atoms with E-state index in [1.54, 1.807) is 6.92 Å². The molecule has 0 saturated carbocycles. The van der Waals surface area contributed by atoms with Crippen LogP contribution in [0.3, 0.4) is 0 Å². The number of aryl methyl sites for hydroxylation is 1. The van der Waals surface area contributed by atoms with Crippen molar-refractivity contribution in [2.45, 2.75) is 28.0 Å². The van der Waals surface area contributed by atoms with E-state index in [1.807, 2.05) is 0 Å². The van der Waals surface area contributed by atoms with Crippen molar-refractivity contribution in [3.05, 3.63) is 52.0 Å². The Kier molecular flexibility index (Phi) is 6.31. The minimum atomic E-state index is -4.16. The van der Waals surface area contributed by atoms with E-state index in [2.05, 4.69) is 20.9 Å². The zero-order valence-electron chi connectivity index (χ0n) is 15.0. The molecule has 4 N–H and O–H groups in total. The Morgan fingerprint density at radius 2 is 1.61 bits per heavy atom. The van der Waals surface area contributed by atoms with Gasteiger partial charge in [-0.05, 0) is 48.4 Å². The maximum Gasteiger partial charge on any atom is 0.280 e. The molecule has 2 aromatic rings. The molecule has 0 unspecified atom stereocenters. The third kappa shape index (κ3) is 4.59. The SMILES string of the molecule is CCc1cc(S(=O)(=O)c2ccc(Br)cc2)c(S(C)(=O)=O)cc1C(=O)N=C(N)N. The third-order valence-corrected chi connectivity index (χ3v) is 7.43. The Morgan fingerprint density at radius 1 is 1.04 bits per heavy atom. The molecule has 0 aliphatic carbocycles. The largest absolute Gasteiger partial charge is 0.370 e. The van der Waals surface area contributed by atoms with Crippen LogP contribution in [0.2, 0.25) is 0 Å². The average molecular weight is 488 g/mol. The minimum absolute atomic E-state index is 0.0777. The number of nitrogens with zero attached hydrogens (tertiary/aromatic N) is 1. The molecule has 150 valence electrons. The van der Waals surface area contributed by atoms with Gasteiger partial charge in [-0.15, -0.1) is 0 Å². The summed E-state index contributed by atoms with van der Waals surface area (Å²) in [6.07, 6.45) is 1.12. The van der Waals surface area contributed by atoms with E-state index in [0.29, 0.717) is 10.0 Å². The van der Waals surface area contributed by atoms with Gasteiger partial charge in [0.15, 0.2) is 15.8 Å². The quantitative estimate of drug-likeness (QED) is 0.480. The number of carbonyl (C=O) groups is 1. The number of benzene rings is 2. The maximum absolute atomic E-state index is 13.1. The van der Waals surface area contributed by atoms with Crippen molar-refractivity contribution in [2.75, 3.05) is 6.26 Å². The van der Waals surface area contributed by atoms with E-state index in [-0.39, 0.29) is 16.9 Å². The van der Waals surface area contributed by atoms with Crippen molar-refractivity contribution in [1.82, 2.24) is 0 Å². The van der Waals surface area contributed by atoms with Gasteiger partial charge in [-0.1, -0.05) is 22.9 Å². The molecular formula is C17H18BrN3O5S2. The summed E-state index contributed by atoms with van der Waals surface area (Å²) in [5.41, 5.74) is 10.7. The highest BCUT2D eigenvalue weighted by molar-refractivity contribution is 9.10. The highest BCUT2D eigenvalue weighted by Crippen LogP contribution is 2.31. The molecule has 0 bridgehead atoms. The Balaban J connectivity index is 2.86. The molecule has 8 nitrogen and oxygen atoms in total. The fraction of sp³-hybridized carbons (Fsp3) is 0.176. The summed E-state index contributed by atoms with van der Waals surface area (Å²) >= 11 is 3.22. The van der Waals surface area contributed by atoms with Gasteiger partial charge in [-0.25, -0.2) is 16.8 Å². The first-order chi connectivity index (χ1) is 12.9. The molecule has 0 heterocycles. The van der Waals surface area contributed by atoms with Gasteiger partial charge in [0.25, 0.3) is 5.91 Å². The fourth-order valence-corrected chi connectivity index (χ4v) is 5.69. The van der Waals surface area contributed by atoms with E-state index in [1.165, 1.54) is 30.3 Å². The molecule has 28 heavy (non-hydrogen) atoms. The minimum Gasteiger partial charge on any atom is -0.370 e. The van der Waals surface area contributed by atoms with Gasteiger partial charge in [0.1, 0.15) is 0 Å². The molecule has 0 saturated heterocycles. The Morgan fingerprint density at radius 3 is 2.07 bits per heavy atom. The van der Waals surface area contributed by atoms with Crippen LogP contribution in [0.25, 0.3) is 0 Å². The van der Waals surface area contributed by atoms with Crippen molar-refractivity contribution < 1.29 is 21.6 Å². The zero-order chi connectivity index (χ0) is 21.3. The first-order valence-electron chi connectivity index (χ1n) is 7.89. The molecule has 0 aliphatic heterocycles. The van der Waals surface area contributed by atoms with Gasteiger partial charge >= 0.3 is 0 Å². The summed E-state index contributed by atoms with van der Waals surface area (Å²) in [4.78, 5) is 14.7. The number of nitrogens with two attached hydrogens (primary N) is 2. The number of sulfone groups is 2. The highest BCUT2D eigenvalue weighted by Gasteiger charge is 2.29. The van der Waals surface area contributed by atoms with Crippen molar-refractivity contribution in [1.29, 1.82) is 0 Å². The summed E-state index contributed by atoms with van der Waals surface area (Å²) in [5, 5.41) is 0. The number of aliphatic imine (C=N–C) groups is 1. The van der Waals surface area contributed by atoms with E-state index >= 15 is 0 Å². The summed E-state index contributed by atoms with van der Waals surface area (Å²) < 4.78 is 51.5. The van der Waals surface area contributed by atoms with Crippen LogP contribution in [-0.2, 0) is 26.1 Å². The van der Waals surface area contributed by atoms with Crippen LogP contribution >= 0.6 is 15.9 Å². The van der Waals surface area contributed by atoms with Gasteiger partial charge in [-0.2, -0.15) is 4.99 Å². The number of hydrogen-bond donors (Lipinski definition) is 2. The van der Waals surface area contributed by atoms with Crippen molar-refractivity contribution >= 4 is 47.5 Å². The lowest BCUT2D eigenvalue weighted by atomic mass is 10.0. The van der Waals surface area contributed by atoms with Crippen molar-refractivity contribution in [3.63, 3.8) is 0 Å². The molecule has 2 rings (SSSR count). The molecule has 11 heteroatoms. The summed E-state index contributed by atoms with van der Waals surface area (Å²) in [5.74, 6) is -1.34. The topological polar surface area (TPSA) is 150 Å². The normalized spacial score (nSPS) is 11.8. The van der Waals surface area contributed by atoms with Gasteiger partial charge in [0.2, 0.25) is 9.84 Å². The van der Waals surface area contributed by atoms with Gasteiger partial charge in [-0.3, -0.25) is 4.79 Å². The monoisotopic (exact) mass is 487 g/mol. The molecule has 0 aromatic heterocycles. The van der Waals surface area contributed by atoms with E-state index in [0.717, 1.165) is 12.3 Å². The lowest BCUT2D eigenvalue weighted by molar-refractivity contribution is 0.100. The van der Waals surface area contributed by atoms with Crippen molar-refractivity contribution in [2.24, 2.45) is 16.5 Å². The molecule has 0 fully saturated rings. The molecule has 0 radical (unpaired) electrons. The predicted molar refractivity (Wildman–Crippen MR) is 109 cm³/mol. The standard InChI is InChI=1S/C17H18BrN3O5S2/c1-3-10-8-15(28(25,26)12-6-4-11(18)5-7-12)14(27(2,23)24)9-13(10)16(22)21-17(19)20/h4-9H,3H2,1-2H3,(H4,19,20,21,22). The predicted octanol–water partition coefficient (Wildman–Crippen LogP) is 1.66. The highest BCUT2D eigenvalue weighted by atomic mass is 79.9. The first-order valence-corrected chi connectivity index (χ1v) is 12.1. The Bertz CT molecular complexity index is 1170. The van der Waals surface area contributed by atoms with Gasteiger partial charge in [0.05, 0.1) is 14.7 Å². The number of halogens is 1. The summed E-state index contributed by atoms with van der Waals surface area (Å²) in [6.45, 7) is 1.69. The van der Waals surface area contributed by atoms with E-state index in [9.17, 15) is 21.6 Å². The average Bonchev–Trinajstić information content (AvgIpc) is 2.59. The van der Waals surface area contributed by atoms with Crippen LogP contribution in [0.15, 0.2) is 60.5 Å². The maximum atomic E-state index is 13.1. The number of carbonyl (C=O) groups excluding carboxylic acids is 1. The zero-order valence-corrected chi connectivity index (χ0v) is 18.2. The second-order valence-electron chi connectivity index (χ2n) is 5.88. The molecule has 2 aromatic carbocycles. The second kappa shape index (κ2) is 8.02. The van der Waals surface area contributed by atoms with Crippen LogP contribution < -0.4 is 11.5 Å². The van der Waals surface area contributed by atoms with Gasteiger partial charge < -0.3 is 11.5 Å². The lowest BCUT2D eigenvalue weighted by Gasteiger charge is -2.14. The van der Waals surface area contributed by atoms with Crippen LogP contribution in [0.4, 0.5) is 0 Å². The number of rotatable bonds is 5. The molecular weight excluding hydrogens is 470 g/mol. The van der Waals surface area contributed by atoms with E-state index < -0.39 is 41.3 Å². The molecule has 1 amide bonds. The van der Waals surface area contributed by atoms with Crippen molar-refractivity contribution in [3.8, 4) is 0 Å². The van der Waals surface area contributed by atoms with E-state index in [4.69, 9.17) is 11.5 Å². The number of amides is 1. The molecule has 0 spiro atoms. The molecule has 0 atom stereocenters. The first kappa shape index (κ1) is 22.1. The third-order valence-electron chi connectivity index (χ3n) is 3.82. The Labute approximate surface area is 171 Å². The number of guanidine groups is 1. The Hall–Kier alpha value is -2.24. The summed E-state index contributed by atoms with van der Waals surface area (Å²) in [7, 11) is -8.16. The van der Waals surface area contributed by atoms with Crippen LogP contribution in [0.1, 0.15) is 22.8 Å². The number of hydrogen-bond acceptors (Lipinski definition) is 5. The summed E-state index contributed by atoms with van der Waals surface area (Å²) in [6, 6.07) is 7.97. The second-order valence-corrected chi connectivity index (χ2v) is 10.7.